The SMILES string of the molecule is Cl.Cl.Cl.Nc1c(O)c(N)c(O)c(N)c1O. The average molecular weight is 281 g/mol. The van der Waals surface area contributed by atoms with Gasteiger partial charge < -0.3 is 32.5 Å². The number of hydrogen-bond acceptors (Lipinski definition) is 6. The first-order valence-corrected chi connectivity index (χ1v) is 3.04. The third kappa shape index (κ3) is 2.92. The lowest BCUT2D eigenvalue weighted by atomic mass is 10.2. The molecule has 6 nitrogen and oxygen atoms in total. The Morgan fingerprint density at radius 2 is 0.667 bits per heavy atom. The van der Waals surface area contributed by atoms with Gasteiger partial charge in [-0.05, 0) is 0 Å². The molecule has 1 aromatic rings. The monoisotopic (exact) mass is 279 g/mol. The molecule has 0 radical (unpaired) electrons. The molecular weight excluding hydrogens is 268 g/mol. The minimum absolute atomic E-state index is 0. The van der Waals surface area contributed by atoms with Crippen LogP contribution in [0.2, 0.25) is 0 Å². The minimum Gasteiger partial charge on any atom is -0.504 e. The average Bonchev–Trinajstić information content (AvgIpc) is 2.08. The summed E-state index contributed by atoms with van der Waals surface area (Å²) >= 11 is 0. The molecule has 90 valence electrons. The number of phenolic OH excluding ortho intramolecular Hbond substituents is 3. The summed E-state index contributed by atoms with van der Waals surface area (Å²) in [4.78, 5) is 0. The molecule has 15 heavy (non-hydrogen) atoms. The summed E-state index contributed by atoms with van der Waals surface area (Å²) in [6.45, 7) is 0. The summed E-state index contributed by atoms with van der Waals surface area (Å²) in [6, 6.07) is 0. The Bertz CT molecular complexity index is 243. The van der Waals surface area contributed by atoms with Crippen molar-refractivity contribution in [2.45, 2.75) is 0 Å². The number of rotatable bonds is 0. The largest absolute Gasteiger partial charge is 0.504 e. The standard InChI is InChI=1S/C6H9N3O3.3ClH/c7-1-4(10)2(8)6(12)3(9)5(1)11;;;/h10-12H,7-9H2;3*1H. The molecule has 1 rings (SSSR count). The van der Waals surface area contributed by atoms with E-state index in [0.717, 1.165) is 0 Å². The molecule has 0 unspecified atom stereocenters. The van der Waals surface area contributed by atoms with Gasteiger partial charge in [0.15, 0.2) is 17.2 Å². The van der Waals surface area contributed by atoms with E-state index < -0.39 is 17.2 Å². The molecule has 0 saturated heterocycles. The fourth-order valence-corrected chi connectivity index (χ4v) is 0.772. The number of phenols is 3. The van der Waals surface area contributed by atoms with Gasteiger partial charge in [-0.25, -0.2) is 0 Å². The minimum atomic E-state index is -0.570. The van der Waals surface area contributed by atoms with Gasteiger partial charge in [0.05, 0.1) is 0 Å². The molecule has 0 heterocycles. The topological polar surface area (TPSA) is 139 Å². The summed E-state index contributed by atoms with van der Waals surface area (Å²) in [5.74, 6) is -1.71. The predicted molar refractivity (Wildman–Crippen MR) is 66.4 cm³/mol. The number of nitrogen functional groups attached to an aromatic ring is 3. The van der Waals surface area contributed by atoms with Crippen molar-refractivity contribution in [3.63, 3.8) is 0 Å². The van der Waals surface area contributed by atoms with E-state index in [-0.39, 0.29) is 54.3 Å². The molecular formula is C6H12Cl3N3O3. The van der Waals surface area contributed by atoms with Crippen LogP contribution in [-0.2, 0) is 0 Å². The Labute approximate surface area is 104 Å². The molecule has 9 heteroatoms. The summed E-state index contributed by atoms with van der Waals surface area (Å²) in [7, 11) is 0. The fourth-order valence-electron chi connectivity index (χ4n) is 0.772. The normalized spacial score (nSPS) is 8.00. The molecule has 0 fully saturated rings. The summed E-state index contributed by atoms with van der Waals surface area (Å²) in [6.07, 6.45) is 0. The van der Waals surface area contributed by atoms with Gasteiger partial charge in [0.25, 0.3) is 0 Å². The van der Waals surface area contributed by atoms with Crippen molar-refractivity contribution >= 4 is 54.3 Å². The number of hydrogen-bond donors (Lipinski definition) is 6. The Hall–Kier alpha value is -1.11. The zero-order valence-corrected chi connectivity index (χ0v) is 9.75. The highest BCUT2D eigenvalue weighted by Gasteiger charge is 2.17. The lowest BCUT2D eigenvalue weighted by Gasteiger charge is -2.09. The number of nitrogens with two attached hydrogens (primary N) is 3. The number of halogens is 3. The summed E-state index contributed by atoms with van der Waals surface area (Å²) in [5, 5.41) is 27.2. The van der Waals surface area contributed by atoms with E-state index in [1.807, 2.05) is 0 Å². The molecule has 0 bridgehead atoms. The smallest absolute Gasteiger partial charge is 0.169 e. The number of aromatic hydroxyl groups is 3. The second-order valence-electron chi connectivity index (χ2n) is 2.29. The lowest BCUT2D eigenvalue weighted by Crippen LogP contribution is -1.97. The second-order valence-corrected chi connectivity index (χ2v) is 2.29. The highest BCUT2D eigenvalue weighted by atomic mass is 35.5. The summed E-state index contributed by atoms with van der Waals surface area (Å²) < 4.78 is 0. The molecule has 9 N–H and O–H groups in total. The molecule has 0 aliphatic heterocycles. The van der Waals surface area contributed by atoms with Crippen molar-refractivity contribution in [1.29, 1.82) is 0 Å². The van der Waals surface area contributed by atoms with Gasteiger partial charge in [0, 0.05) is 0 Å². The van der Waals surface area contributed by atoms with Crippen molar-refractivity contribution < 1.29 is 15.3 Å². The first kappa shape index (κ1) is 19.5. The van der Waals surface area contributed by atoms with Crippen molar-refractivity contribution in [2.75, 3.05) is 17.2 Å². The summed E-state index contributed by atoms with van der Waals surface area (Å²) in [5.41, 5.74) is 14.5. The maximum Gasteiger partial charge on any atom is 0.169 e. The third-order valence-electron chi connectivity index (χ3n) is 1.53. The first-order valence-electron chi connectivity index (χ1n) is 3.04. The van der Waals surface area contributed by atoms with Crippen LogP contribution in [0.25, 0.3) is 0 Å². The van der Waals surface area contributed by atoms with E-state index in [9.17, 15) is 0 Å². The molecule has 0 amide bonds. The van der Waals surface area contributed by atoms with Gasteiger partial charge in [-0.15, -0.1) is 37.2 Å². The maximum absolute atomic E-state index is 9.07. The van der Waals surface area contributed by atoms with Crippen LogP contribution in [0.4, 0.5) is 17.1 Å². The Morgan fingerprint density at radius 3 is 0.800 bits per heavy atom. The van der Waals surface area contributed by atoms with Gasteiger partial charge in [0.2, 0.25) is 0 Å². The van der Waals surface area contributed by atoms with E-state index in [1.54, 1.807) is 0 Å². The fraction of sp³-hybridized carbons (Fsp3) is 0. The van der Waals surface area contributed by atoms with Crippen LogP contribution in [0.5, 0.6) is 17.2 Å². The van der Waals surface area contributed by atoms with Crippen LogP contribution in [0.3, 0.4) is 0 Å². The third-order valence-corrected chi connectivity index (χ3v) is 1.53. The van der Waals surface area contributed by atoms with E-state index in [4.69, 9.17) is 32.5 Å². The zero-order chi connectivity index (χ0) is 9.46. The van der Waals surface area contributed by atoms with Gasteiger partial charge in [-0.2, -0.15) is 0 Å². The van der Waals surface area contributed by atoms with Crippen LogP contribution in [-0.4, -0.2) is 15.3 Å². The molecule has 0 spiro atoms. The van der Waals surface area contributed by atoms with Crippen LogP contribution in [0, 0.1) is 0 Å². The van der Waals surface area contributed by atoms with Crippen molar-refractivity contribution in [2.24, 2.45) is 0 Å². The molecule has 0 aliphatic carbocycles. The molecule has 0 aromatic heterocycles. The quantitative estimate of drug-likeness (QED) is 0.236. The highest BCUT2D eigenvalue weighted by Crippen LogP contribution is 2.47. The Balaban J connectivity index is -0.000000480. The number of anilines is 3. The molecule has 1 aromatic carbocycles. The zero-order valence-electron chi connectivity index (χ0n) is 7.30. The van der Waals surface area contributed by atoms with Crippen LogP contribution >= 0.6 is 37.2 Å². The van der Waals surface area contributed by atoms with E-state index in [1.165, 1.54) is 0 Å². The van der Waals surface area contributed by atoms with Crippen molar-refractivity contribution in [1.82, 2.24) is 0 Å². The number of benzene rings is 1. The van der Waals surface area contributed by atoms with E-state index >= 15 is 0 Å². The first-order chi connectivity index (χ1) is 5.46. The van der Waals surface area contributed by atoms with Crippen LogP contribution in [0.15, 0.2) is 0 Å². The van der Waals surface area contributed by atoms with Gasteiger partial charge in [-0.3, -0.25) is 0 Å². The second kappa shape index (κ2) is 6.39. The maximum atomic E-state index is 9.07. The molecule has 0 aliphatic rings. The van der Waals surface area contributed by atoms with E-state index in [2.05, 4.69) is 0 Å². The Morgan fingerprint density at radius 1 is 0.533 bits per heavy atom. The van der Waals surface area contributed by atoms with Crippen LogP contribution < -0.4 is 17.2 Å². The van der Waals surface area contributed by atoms with Gasteiger partial charge in [-0.1, -0.05) is 0 Å². The van der Waals surface area contributed by atoms with Gasteiger partial charge >= 0.3 is 0 Å². The highest BCUT2D eigenvalue weighted by molar-refractivity contribution is 5.87. The Kier molecular flexibility index (Phi) is 8.29. The van der Waals surface area contributed by atoms with Crippen molar-refractivity contribution in [3.05, 3.63) is 0 Å². The van der Waals surface area contributed by atoms with Crippen LogP contribution in [0.1, 0.15) is 0 Å². The lowest BCUT2D eigenvalue weighted by molar-refractivity contribution is 0.438. The molecule has 0 saturated carbocycles. The van der Waals surface area contributed by atoms with Crippen molar-refractivity contribution in [3.8, 4) is 17.2 Å². The molecule has 0 atom stereocenters. The predicted octanol–water partition coefficient (Wildman–Crippen LogP) is 0.815. The van der Waals surface area contributed by atoms with E-state index in [0.29, 0.717) is 0 Å². The van der Waals surface area contributed by atoms with Gasteiger partial charge in [0.1, 0.15) is 17.1 Å².